The minimum absolute atomic E-state index is 0.778. The maximum Gasteiger partial charge on any atom is 0.193 e. The molecule has 0 aromatic carbocycles. The SMILES string of the molecule is CN=C(NCCCC(C)C)N(C)CCc1cccs1. The number of guanidine groups is 1. The van der Waals surface area contributed by atoms with Gasteiger partial charge in [0.1, 0.15) is 0 Å². The molecule has 1 aromatic rings. The van der Waals surface area contributed by atoms with Crippen molar-refractivity contribution in [1.82, 2.24) is 10.2 Å². The Labute approximate surface area is 121 Å². The number of thiophene rings is 1. The van der Waals surface area contributed by atoms with Gasteiger partial charge in [0, 0.05) is 32.1 Å². The van der Waals surface area contributed by atoms with Crippen molar-refractivity contribution in [3.63, 3.8) is 0 Å². The Morgan fingerprint density at radius 1 is 1.47 bits per heavy atom. The van der Waals surface area contributed by atoms with Crippen LogP contribution in [0.2, 0.25) is 0 Å². The molecule has 0 saturated carbocycles. The molecule has 0 radical (unpaired) electrons. The van der Waals surface area contributed by atoms with Crippen LogP contribution in [0.15, 0.2) is 22.5 Å². The van der Waals surface area contributed by atoms with Crippen molar-refractivity contribution in [3.05, 3.63) is 22.4 Å². The molecule has 0 aliphatic carbocycles. The lowest BCUT2D eigenvalue weighted by Gasteiger charge is -2.22. The Kier molecular flexibility index (Phi) is 7.56. The summed E-state index contributed by atoms with van der Waals surface area (Å²) < 4.78 is 0. The fourth-order valence-corrected chi connectivity index (χ4v) is 2.63. The van der Waals surface area contributed by atoms with Crippen LogP contribution >= 0.6 is 11.3 Å². The number of hydrogen-bond donors (Lipinski definition) is 1. The minimum Gasteiger partial charge on any atom is -0.356 e. The summed E-state index contributed by atoms with van der Waals surface area (Å²) >= 11 is 1.82. The van der Waals surface area contributed by atoms with E-state index in [0.717, 1.165) is 31.4 Å². The van der Waals surface area contributed by atoms with Crippen LogP contribution < -0.4 is 5.32 Å². The summed E-state index contributed by atoms with van der Waals surface area (Å²) in [5, 5.41) is 5.57. The molecule has 0 aliphatic heterocycles. The molecule has 4 heteroatoms. The van der Waals surface area contributed by atoms with Gasteiger partial charge in [-0.05, 0) is 36.6 Å². The van der Waals surface area contributed by atoms with Gasteiger partial charge in [-0.25, -0.2) is 0 Å². The first-order valence-electron chi connectivity index (χ1n) is 7.07. The van der Waals surface area contributed by atoms with Crippen LogP contribution in [-0.2, 0) is 6.42 Å². The van der Waals surface area contributed by atoms with Gasteiger partial charge in [0.2, 0.25) is 0 Å². The number of likely N-dealkylation sites (N-methyl/N-ethyl adjacent to an activating group) is 1. The van der Waals surface area contributed by atoms with Crippen LogP contribution in [-0.4, -0.2) is 38.0 Å². The summed E-state index contributed by atoms with van der Waals surface area (Å²) in [6.07, 6.45) is 3.55. The molecule has 3 nitrogen and oxygen atoms in total. The zero-order valence-electron chi connectivity index (χ0n) is 12.6. The molecule has 0 aliphatic rings. The molecule has 1 rings (SSSR count). The quantitative estimate of drug-likeness (QED) is 0.472. The molecule has 108 valence electrons. The second kappa shape index (κ2) is 8.97. The lowest BCUT2D eigenvalue weighted by atomic mass is 10.1. The average Bonchev–Trinajstić information content (AvgIpc) is 2.89. The Morgan fingerprint density at radius 2 is 2.26 bits per heavy atom. The molecule has 19 heavy (non-hydrogen) atoms. The zero-order valence-corrected chi connectivity index (χ0v) is 13.5. The van der Waals surface area contributed by atoms with Gasteiger partial charge in [0.25, 0.3) is 0 Å². The Balaban J connectivity index is 2.25. The number of rotatable bonds is 7. The molecule has 0 bridgehead atoms. The van der Waals surface area contributed by atoms with E-state index in [2.05, 4.69) is 53.6 Å². The standard InChI is InChI=1S/C15H27N3S/c1-13(2)7-5-10-17-15(16-3)18(4)11-9-14-8-6-12-19-14/h6,8,12-13H,5,7,9-11H2,1-4H3,(H,16,17). The molecular formula is C15H27N3S. The number of aliphatic imine (C=N–C) groups is 1. The lowest BCUT2D eigenvalue weighted by Crippen LogP contribution is -2.40. The largest absolute Gasteiger partial charge is 0.356 e. The fourth-order valence-electron chi connectivity index (χ4n) is 1.93. The number of nitrogens with zero attached hydrogens (tertiary/aromatic N) is 2. The van der Waals surface area contributed by atoms with Crippen molar-refractivity contribution in [2.24, 2.45) is 10.9 Å². The summed E-state index contributed by atoms with van der Waals surface area (Å²) in [5.74, 6) is 1.78. The van der Waals surface area contributed by atoms with E-state index >= 15 is 0 Å². The highest BCUT2D eigenvalue weighted by Crippen LogP contribution is 2.09. The molecule has 0 amide bonds. The molecule has 0 saturated heterocycles. The van der Waals surface area contributed by atoms with Gasteiger partial charge in [0.15, 0.2) is 5.96 Å². The van der Waals surface area contributed by atoms with Crippen LogP contribution in [0.5, 0.6) is 0 Å². The van der Waals surface area contributed by atoms with Crippen molar-refractivity contribution in [1.29, 1.82) is 0 Å². The first kappa shape index (κ1) is 16.0. The fraction of sp³-hybridized carbons (Fsp3) is 0.667. The Morgan fingerprint density at radius 3 is 2.84 bits per heavy atom. The summed E-state index contributed by atoms with van der Waals surface area (Å²) in [4.78, 5) is 7.98. The van der Waals surface area contributed by atoms with Crippen LogP contribution in [0, 0.1) is 5.92 Å². The molecule has 0 atom stereocenters. The van der Waals surface area contributed by atoms with E-state index in [1.54, 1.807) is 0 Å². The molecule has 1 aromatic heterocycles. The lowest BCUT2D eigenvalue weighted by molar-refractivity contribution is 0.478. The van der Waals surface area contributed by atoms with E-state index in [0.29, 0.717) is 0 Å². The van der Waals surface area contributed by atoms with Gasteiger partial charge in [-0.2, -0.15) is 0 Å². The van der Waals surface area contributed by atoms with E-state index in [1.165, 1.54) is 17.7 Å². The van der Waals surface area contributed by atoms with E-state index in [-0.39, 0.29) is 0 Å². The average molecular weight is 281 g/mol. The molecular weight excluding hydrogens is 254 g/mol. The van der Waals surface area contributed by atoms with Crippen LogP contribution in [0.25, 0.3) is 0 Å². The van der Waals surface area contributed by atoms with Crippen LogP contribution in [0.1, 0.15) is 31.6 Å². The topological polar surface area (TPSA) is 27.6 Å². The number of hydrogen-bond acceptors (Lipinski definition) is 2. The maximum atomic E-state index is 4.34. The van der Waals surface area contributed by atoms with Crippen molar-refractivity contribution in [2.45, 2.75) is 33.1 Å². The summed E-state index contributed by atoms with van der Waals surface area (Å²) in [6.45, 7) is 6.54. The van der Waals surface area contributed by atoms with Crippen molar-refractivity contribution >= 4 is 17.3 Å². The summed E-state index contributed by atoms with van der Waals surface area (Å²) in [7, 11) is 3.96. The van der Waals surface area contributed by atoms with Crippen molar-refractivity contribution in [3.8, 4) is 0 Å². The van der Waals surface area contributed by atoms with Gasteiger partial charge in [-0.1, -0.05) is 19.9 Å². The minimum atomic E-state index is 0.778. The van der Waals surface area contributed by atoms with Gasteiger partial charge in [-0.3, -0.25) is 4.99 Å². The molecule has 0 unspecified atom stereocenters. The van der Waals surface area contributed by atoms with E-state index in [4.69, 9.17) is 0 Å². The summed E-state index contributed by atoms with van der Waals surface area (Å²) in [5.41, 5.74) is 0. The predicted octanol–water partition coefficient (Wildman–Crippen LogP) is 3.23. The van der Waals surface area contributed by atoms with Gasteiger partial charge < -0.3 is 10.2 Å². The highest BCUT2D eigenvalue weighted by molar-refractivity contribution is 7.09. The molecule has 1 heterocycles. The van der Waals surface area contributed by atoms with Gasteiger partial charge in [0.05, 0.1) is 0 Å². The van der Waals surface area contributed by atoms with Crippen LogP contribution in [0.3, 0.4) is 0 Å². The van der Waals surface area contributed by atoms with E-state index < -0.39 is 0 Å². The maximum absolute atomic E-state index is 4.34. The third-order valence-corrected chi connectivity index (χ3v) is 4.02. The van der Waals surface area contributed by atoms with Crippen LogP contribution in [0.4, 0.5) is 0 Å². The van der Waals surface area contributed by atoms with E-state index in [1.807, 2.05) is 18.4 Å². The molecule has 1 N–H and O–H groups in total. The highest BCUT2D eigenvalue weighted by atomic mass is 32.1. The third-order valence-electron chi connectivity index (χ3n) is 3.09. The second-order valence-electron chi connectivity index (χ2n) is 5.26. The van der Waals surface area contributed by atoms with Crippen molar-refractivity contribution in [2.75, 3.05) is 27.2 Å². The highest BCUT2D eigenvalue weighted by Gasteiger charge is 2.05. The monoisotopic (exact) mass is 281 g/mol. The Bertz CT molecular complexity index is 357. The molecule has 0 fully saturated rings. The normalized spacial score (nSPS) is 11.9. The van der Waals surface area contributed by atoms with Gasteiger partial charge in [-0.15, -0.1) is 11.3 Å². The van der Waals surface area contributed by atoms with Gasteiger partial charge >= 0.3 is 0 Å². The Hall–Kier alpha value is -1.03. The number of nitrogens with one attached hydrogen (secondary N) is 1. The predicted molar refractivity (Wildman–Crippen MR) is 86.1 cm³/mol. The third kappa shape index (κ3) is 6.62. The van der Waals surface area contributed by atoms with Crippen molar-refractivity contribution < 1.29 is 0 Å². The first-order valence-corrected chi connectivity index (χ1v) is 7.95. The van der Waals surface area contributed by atoms with E-state index in [9.17, 15) is 0 Å². The zero-order chi connectivity index (χ0) is 14.1. The smallest absolute Gasteiger partial charge is 0.193 e. The molecule has 0 spiro atoms. The summed E-state index contributed by atoms with van der Waals surface area (Å²) in [6, 6.07) is 4.30. The first-order chi connectivity index (χ1) is 9.13. The second-order valence-corrected chi connectivity index (χ2v) is 6.29.